The van der Waals surface area contributed by atoms with Gasteiger partial charge < -0.3 is 0 Å². The summed E-state index contributed by atoms with van der Waals surface area (Å²) in [5, 5.41) is 11.1. The van der Waals surface area contributed by atoms with Crippen LogP contribution < -0.4 is 0 Å². The highest BCUT2D eigenvalue weighted by Crippen LogP contribution is 2.26. The van der Waals surface area contributed by atoms with E-state index in [0.29, 0.717) is 12.1 Å². The summed E-state index contributed by atoms with van der Waals surface area (Å²) in [4.78, 5) is 15.3. The molecule has 94 valence electrons. The molecule has 4 nitrogen and oxygen atoms in total. The monoisotopic (exact) mass is 252 g/mol. The molecule has 19 heavy (non-hydrogen) atoms. The maximum atomic E-state index is 11.1. The minimum absolute atomic E-state index is 0.109. The van der Waals surface area contributed by atoms with Crippen molar-refractivity contribution >= 4 is 11.4 Å². The van der Waals surface area contributed by atoms with Gasteiger partial charge in [0, 0.05) is 18.2 Å². The number of hydrogen-bond donors (Lipinski definition) is 0. The van der Waals surface area contributed by atoms with E-state index in [4.69, 9.17) is 0 Å². The van der Waals surface area contributed by atoms with Gasteiger partial charge in [0.15, 0.2) is 0 Å². The number of nitrogens with zero attached hydrogens (tertiary/aromatic N) is 2. The van der Waals surface area contributed by atoms with Gasteiger partial charge in [-0.15, -0.1) is 0 Å². The molecule has 0 radical (unpaired) electrons. The fourth-order valence-corrected chi connectivity index (χ4v) is 2.41. The second kappa shape index (κ2) is 4.65. The SMILES string of the molecule is O=[N+]([O-])c1ccccc1C1=NCCc2ccccc21. The van der Waals surface area contributed by atoms with Gasteiger partial charge in [-0.05, 0) is 18.1 Å². The number of nitro groups is 1. The van der Waals surface area contributed by atoms with Gasteiger partial charge in [0.25, 0.3) is 5.69 Å². The molecule has 3 rings (SSSR count). The normalized spacial score (nSPS) is 13.6. The van der Waals surface area contributed by atoms with Gasteiger partial charge in [-0.3, -0.25) is 15.1 Å². The fourth-order valence-electron chi connectivity index (χ4n) is 2.41. The standard InChI is InChI=1S/C15H12N2O2/c18-17(19)14-8-4-3-7-13(14)15-12-6-2-1-5-11(12)9-10-16-15/h1-8H,9-10H2. The quantitative estimate of drug-likeness (QED) is 0.609. The molecule has 0 unspecified atom stereocenters. The smallest absolute Gasteiger partial charge is 0.278 e. The zero-order valence-corrected chi connectivity index (χ0v) is 10.2. The summed E-state index contributed by atoms with van der Waals surface area (Å²) < 4.78 is 0. The summed E-state index contributed by atoms with van der Waals surface area (Å²) in [6.45, 7) is 0.679. The van der Waals surface area contributed by atoms with E-state index in [-0.39, 0.29) is 10.6 Å². The molecule has 0 bridgehead atoms. The highest BCUT2D eigenvalue weighted by molar-refractivity contribution is 6.16. The topological polar surface area (TPSA) is 55.5 Å². The first-order valence-electron chi connectivity index (χ1n) is 6.14. The zero-order chi connectivity index (χ0) is 13.2. The van der Waals surface area contributed by atoms with Gasteiger partial charge in [-0.2, -0.15) is 0 Å². The second-order valence-electron chi connectivity index (χ2n) is 4.41. The van der Waals surface area contributed by atoms with E-state index in [0.717, 1.165) is 17.7 Å². The van der Waals surface area contributed by atoms with E-state index >= 15 is 0 Å². The van der Waals surface area contributed by atoms with Crippen LogP contribution in [0.25, 0.3) is 0 Å². The summed E-state index contributed by atoms with van der Waals surface area (Å²) in [5.41, 5.74) is 3.64. The Hall–Kier alpha value is -2.49. The Kier molecular flexibility index (Phi) is 2.83. The van der Waals surface area contributed by atoms with Crippen molar-refractivity contribution < 1.29 is 4.92 Å². The number of nitro benzene ring substituents is 1. The lowest BCUT2D eigenvalue weighted by Gasteiger charge is -2.16. The van der Waals surface area contributed by atoms with Crippen molar-refractivity contribution in [3.8, 4) is 0 Å². The van der Waals surface area contributed by atoms with E-state index in [1.807, 2.05) is 24.3 Å². The average molecular weight is 252 g/mol. The predicted octanol–water partition coefficient (Wildman–Crippen LogP) is 2.99. The maximum Gasteiger partial charge on any atom is 0.278 e. The van der Waals surface area contributed by atoms with Gasteiger partial charge in [-0.1, -0.05) is 36.4 Å². The molecule has 0 amide bonds. The van der Waals surface area contributed by atoms with Crippen molar-refractivity contribution in [2.24, 2.45) is 4.99 Å². The van der Waals surface area contributed by atoms with Crippen LogP contribution in [0.1, 0.15) is 16.7 Å². The Labute approximate surface area is 110 Å². The second-order valence-corrected chi connectivity index (χ2v) is 4.41. The molecule has 2 aromatic carbocycles. The van der Waals surface area contributed by atoms with E-state index in [2.05, 4.69) is 11.1 Å². The van der Waals surface area contributed by atoms with Gasteiger partial charge in [-0.25, -0.2) is 0 Å². The lowest BCUT2D eigenvalue weighted by Crippen LogP contribution is -2.15. The van der Waals surface area contributed by atoms with Crippen LogP contribution in [-0.4, -0.2) is 17.2 Å². The Morgan fingerprint density at radius 3 is 2.47 bits per heavy atom. The minimum atomic E-state index is -0.352. The van der Waals surface area contributed by atoms with Crippen LogP contribution in [0.5, 0.6) is 0 Å². The predicted molar refractivity (Wildman–Crippen MR) is 73.7 cm³/mol. The largest absolute Gasteiger partial charge is 0.283 e. The number of rotatable bonds is 2. The fraction of sp³-hybridized carbons (Fsp3) is 0.133. The highest BCUT2D eigenvalue weighted by atomic mass is 16.6. The zero-order valence-electron chi connectivity index (χ0n) is 10.2. The van der Waals surface area contributed by atoms with Crippen molar-refractivity contribution in [3.05, 3.63) is 75.3 Å². The third kappa shape index (κ3) is 2.01. The van der Waals surface area contributed by atoms with Gasteiger partial charge in [0.05, 0.1) is 16.2 Å². The molecule has 2 aromatic rings. The Morgan fingerprint density at radius 1 is 1.00 bits per heavy atom. The molecule has 0 aliphatic carbocycles. The molecule has 1 heterocycles. The molecular formula is C15H12N2O2. The van der Waals surface area contributed by atoms with E-state index in [9.17, 15) is 10.1 Å². The van der Waals surface area contributed by atoms with Gasteiger partial charge in [0.2, 0.25) is 0 Å². The molecule has 1 aliphatic heterocycles. The molecular weight excluding hydrogens is 240 g/mol. The summed E-state index contributed by atoms with van der Waals surface area (Å²) in [7, 11) is 0. The number of benzene rings is 2. The molecule has 1 aliphatic rings. The first kappa shape index (κ1) is 11.6. The van der Waals surface area contributed by atoms with Gasteiger partial charge >= 0.3 is 0 Å². The molecule has 0 spiro atoms. The molecule has 4 heteroatoms. The number of para-hydroxylation sites is 1. The molecule has 0 saturated heterocycles. The van der Waals surface area contributed by atoms with Gasteiger partial charge in [0.1, 0.15) is 0 Å². The number of fused-ring (bicyclic) bond motifs is 1. The Balaban J connectivity index is 2.18. The average Bonchev–Trinajstić information content (AvgIpc) is 2.46. The molecule has 0 saturated carbocycles. The Bertz CT molecular complexity index is 677. The molecule has 0 fully saturated rings. The van der Waals surface area contributed by atoms with Crippen molar-refractivity contribution in [3.63, 3.8) is 0 Å². The highest BCUT2D eigenvalue weighted by Gasteiger charge is 2.22. The lowest BCUT2D eigenvalue weighted by atomic mass is 9.93. The van der Waals surface area contributed by atoms with E-state index in [1.165, 1.54) is 11.6 Å². The summed E-state index contributed by atoms with van der Waals surface area (Å²) in [6.07, 6.45) is 0.889. The van der Waals surface area contributed by atoms with E-state index in [1.54, 1.807) is 12.1 Å². The number of hydrogen-bond acceptors (Lipinski definition) is 3. The summed E-state index contributed by atoms with van der Waals surface area (Å²) in [6, 6.07) is 14.7. The number of aliphatic imine (C=N–C) groups is 1. The van der Waals surface area contributed by atoms with Crippen molar-refractivity contribution in [1.29, 1.82) is 0 Å². The van der Waals surface area contributed by atoms with Crippen molar-refractivity contribution in [2.75, 3.05) is 6.54 Å². The van der Waals surface area contributed by atoms with E-state index < -0.39 is 0 Å². The summed E-state index contributed by atoms with van der Waals surface area (Å²) >= 11 is 0. The summed E-state index contributed by atoms with van der Waals surface area (Å²) in [5.74, 6) is 0. The Morgan fingerprint density at radius 2 is 1.68 bits per heavy atom. The lowest BCUT2D eigenvalue weighted by molar-refractivity contribution is -0.385. The van der Waals surface area contributed by atoms with Crippen molar-refractivity contribution in [2.45, 2.75) is 6.42 Å². The van der Waals surface area contributed by atoms with Crippen LogP contribution in [0.2, 0.25) is 0 Å². The molecule has 0 aromatic heterocycles. The first-order valence-corrected chi connectivity index (χ1v) is 6.14. The van der Waals surface area contributed by atoms with Crippen molar-refractivity contribution in [1.82, 2.24) is 0 Å². The van der Waals surface area contributed by atoms with Crippen LogP contribution in [0.4, 0.5) is 5.69 Å². The maximum absolute atomic E-state index is 11.1. The molecule has 0 N–H and O–H groups in total. The third-order valence-electron chi connectivity index (χ3n) is 3.28. The minimum Gasteiger partial charge on any atom is -0.283 e. The third-order valence-corrected chi connectivity index (χ3v) is 3.28. The first-order chi connectivity index (χ1) is 9.27. The van der Waals surface area contributed by atoms with Crippen LogP contribution >= 0.6 is 0 Å². The van der Waals surface area contributed by atoms with Crippen LogP contribution in [0.15, 0.2) is 53.5 Å². The van der Waals surface area contributed by atoms with Crippen LogP contribution in [-0.2, 0) is 6.42 Å². The van der Waals surface area contributed by atoms with Crippen LogP contribution in [0.3, 0.4) is 0 Å². The molecule has 0 atom stereocenters. The van der Waals surface area contributed by atoms with Crippen LogP contribution in [0, 0.1) is 10.1 Å².